The molecule has 0 spiro atoms. The molecule has 5 nitrogen and oxygen atoms in total. The monoisotopic (exact) mass is 308 g/mol. The summed E-state index contributed by atoms with van der Waals surface area (Å²) in [4.78, 5) is 12.2. The molecule has 1 aromatic rings. The topological polar surface area (TPSA) is 74.5 Å². The molecule has 1 aliphatic carbocycles. The highest BCUT2D eigenvalue weighted by atomic mass is 16.3. The maximum absolute atomic E-state index is 12.2. The van der Waals surface area contributed by atoms with Crippen LogP contribution in [0.2, 0.25) is 0 Å². The average Bonchev–Trinajstić information content (AvgIpc) is 3.01. The SMILES string of the molecule is CCC(CC)(CCO)CNC(=O)NC1CCCc2occc21. The summed E-state index contributed by atoms with van der Waals surface area (Å²) in [5.74, 6) is 0.994. The smallest absolute Gasteiger partial charge is 0.315 e. The number of hydrogen-bond donors (Lipinski definition) is 3. The first kappa shape index (κ1) is 16.9. The number of furan rings is 1. The lowest BCUT2D eigenvalue weighted by atomic mass is 9.79. The lowest BCUT2D eigenvalue weighted by Crippen LogP contribution is -2.44. The zero-order valence-electron chi connectivity index (χ0n) is 13.7. The van der Waals surface area contributed by atoms with Crippen molar-refractivity contribution in [3.05, 3.63) is 23.7 Å². The minimum atomic E-state index is -0.136. The number of rotatable bonds is 7. The number of nitrogens with one attached hydrogen (secondary N) is 2. The molecule has 2 rings (SSSR count). The van der Waals surface area contributed by atoms with Crippen LogP contribution in [0.25, 0.3) is 0 Å². The van der Waals surface area contributed by atoms with E-state index in [9.17, 15) is 9.90 Å². The predicted molar refractivity (Wildman–Crippen MR) is 85.6 cm³/mol. The van der Waals surface area contributed by atoms with Crippen LogP contribution in [0.1, 0.15) is 63.3 Å². The molecular weight excluding hydrogens is 280 g/mol. The average molecular weight is 308 g/mol. The Morgan fingerprint density at radius 3 is 2.91 bits per heavy atom. The van der Waals surface area contributed by atoms with E-state index in [-0.39, 0.29) is 24.1 Å². The van der Waals surface area contributed by atoms with E-state index in [0.29, 0.717) is 6.54 Å². The summed E-state index contributed by atoms with van der Waals surface area (Å²) >= 11 is 0. The van der Waals surface area contributed by atoms with Crippen molar-refractivity contribution in [1.82, 2.24) is 10.6 Å². The minimum absolute atomic E-state index is 0.0144. The van der Waals surface area contributed by atoms with Crippen LogP contribution in [0.3, 0.4) is 0 Å². The number of fused-ring (bicyclic) bond motifs is 1. The fourth-order valence-corrected chi connectivity index (χ4v) is 3.29. The summed E-state index contributed by atoms with van der Waals surface area (Å²) < 4.78 is 5.45. The van der Waals surface area contributed by atoms with Crippen LogP contribution in [0.4, 0.5) is 4.79 Å². The van der Waals surface area contributed by atoms with Gasteiger partial charge in [-0.05, 0) is 43.6 Å². The number of aliphatic hydroxyl groups excluding tert-OH is 1. The maximum atomic E-state index is 12.2. The van der Waals surface area contributed by atoms with E-state index < -0.39 is 0 Å². The molecule has 1 atom stereocenters. The van der Waals surface area contributed by atoms with E-state index in [1.807, 2.05) is 6.07 Å². The molecule has 0 radical (unpaired) electrons. The Hall–Kier alpha value is -1.49. The maximum Gasteiger partial charge on any atom is 0.315 e. The highest BCUT2D eigenvalue weighted by Crippen LogP contribution is 2.31. The molecule has 0 fully saturated rings. The molecule has 0 saturated heterocycles. The van der Waals surface area contributed by atoms with Crippen molar-refractivity contribution in [2.45, 2.75) is 58.4 Å². The number of carbonyl (C=O) groups is 1. The molecule has 124 valence electrons. The van der Waals surface area contributed by atoms with Crippen molar-refractivity contribution in [3.63, 3.8) is 0 Å². The molecule has 1 aliphatic rings. The molecule has 5 heteroatoms. The largest absolute Gasteiger partial charge is 0.469 e. The van der Waals surface area contributed by atoms with E-state index in [4.69, 9.17) is 4.42 Å². The fourth-order valence-electron chi connectivity index (χ4n) is 3.29. The van der Waals surface area contributed by atoms with E-state index in [1.54, 1.807) is 6.26 Å². The second kappa shape index (κ2) is 7.68. The Bertz CT molecular complexity index is 480. The molecule has 22 heavy (non-hydrogen) atoms. The van der Waals surface area contributed by atoms with E-state index in [1.165, 1.54) is 0 Å². The summed E-state index contributed by atoms with van der Waals surface area (Å²) in [5, 5.41) is 15.3. The van der Waals surface area contributed by atoms with Gasteiger partial charge in [0.25, 0.3) is 0 Å². The van der Waals surface area contributed by atoms with Crippen LogP contribution in [0.15, 0.2) is 16.7 Å². The Morgan fingerprint density at radius 2 is 2.23 bits per heavy atom. The van der Waals surface area contributed by atoms with Crippen LogP contribution in [-0.4, -0.2) is 24.3 Å². The van der Waals surface area contributed by atoms with Gasteiger partial charge in [-0.1, -0.05) is 13.8 Å². The van der Waals surface area contributed by atoms with Gasteiger partial charge >= 0.3 is 6.03 Å². The zero-order chi connectivity index (χ0) is 16.0. The number of aryl methyl sites for hydroxylation is 1. The molecule has 3 N–H and O–H groups in total. The number of amides is 2. The van der Waals surface area contributed by atoms with Gasteiger partial charge < -0.3 is 20.2 Å². The van der Waals surface area contributed by atoms with Gasteiger partial charge in [-0.2, -0.15) is 0 Å². The van der Waals surface area contributed by atoms with Gasteiger partial charge in [-0.3, -0.25) is 0 Å². The van der Waals surface area contributed by atoms with Crippen molar-refractivity contribution >= 4 is 6.03 Å². The first-order valence-electron chi connectivity index (χ1n) is 8.35. The predicted octanol–water partition coefficient (Wildman–Crippen LogP) is 3.15. The van der Waals surface area contributed by atoms with Gasteiger partial charge in [0, 0.05) is 25.1 Å². The second-order valence-electron chi connectivity index (χ2n) is 6.25. The van der Waals surface area contributed by atoms with Crippen LogP contribution < -0.4 is 10.6 Å². The molecule has 0 aliphatic heterocycles. The van der Waals surface area contributed by atoms with Gasteiger partial charge in [0.05, 0.1) is 12.3 Å². The van der Waals surface area contributed by atoms with Gasteiger partial charge in [0.2, 0.25) is 0 Å². The van der Waals surface area contributed by atoms with Crippen LogP contribution in [-0.2, 0) is 6.42 Å². The molecule has 0 aromatic carbocycles. The minimum Gasteiger partial charge on any atom is -0.469 e. The third kappa shape index (κ3) is 3.83. The van der Waals surface area contributed by atoms with Crippen molar-refractivity contribution in [2.75, 3.05) is 13.2 Å². The number of carbonyl (C=O) groups excluding carboxylic acids is 1. The molecule has 1 unspecified atom stereocenters. The van der Waals surface area contributed by atoms with Crippen molar-refractivity contribution < 1.29 is 14.3 Å². The first-order chi connectivity index (χ1) is 10.6. The molecule has 2 amide bonds. The fraction of sp³-hybridized carbons (Fsp3) is 0.706. The first-order valence-corrected chi connectivity index (χ1v) is 8.35. The van der Waals surface area contributed by atoms with E-state index in [2.05, 4.69) is 24.5 Å². The molecule has 0 saturated carbocycles. The summed E-state index contributed by atoms with van der Waals surface area (Å²) in [6, 6.07) is 1.86. The highest BCUT2D eigenvalue weighted by molar-refractivity contribution is 5.74. The normalized spacial score (nSPS) is 17.9. The van der Waals surface area contributed by atoms with Crippen molar-refractivity contribution in [3.8, 4) is 0 Å². The van der Waals surface area contributed by atoms with Crippen molar-refractivity contribution in [2.24, 2.45) is 5.41 Å². The van der Waals surface area contributed by atoms with E-state index in [0.717, 1.165) is 49.8 Å². The molecule has 0 bridgehead atoms. The molecular formula is C17H28N2O3. The third-order valence-electron chi connectivity index (χ3n) is 5.12. The molecule has 1 aromatic heterocycles. The Balaban J connectivity index is 1.89. The summed E-state index contributed by atoms with van der Waals surface area (Å²) in [5.41, 5.74) is 1.09. The molecule has 1 heterocycles. The Morgan fingerprint density at radius 1 is 1.45 bits per heavy atom. The lowest BCUT2D eigenvalue weighted by molar-refractivity contribution is 0.162. The number of hydrogen-bond acceptors (Lipinski definition) is 3. The second-order valence-corrected chi connectivity index (χ2v) is 6.25. The summed E-state index contributed by atoms with van der Waals surface area (Å²) in [7, 11) is 0. The van der Waals surface area contributed by atoms with Gasteiger partial charge in [-0.25, -0.2) is 4.79 Å². The van der Waals surface area contributed by atoms with Crippen LogP contribution in [0.5, 0.6) is 0 Å². The quantitative estimate of drug-likeness (QED) is 0.724. The Kier molecular flexibility index (Phi) is 5.89. The van der Waals surface area contributed by atoms with Crippen LogP contribution in [0, 0.1) is 5.41 Å². The zero-order valence-corrected chi connectivity index (χ0v) is 13.7. The standard InChI is InChI=1S/C17H28N2O3/c1-3-17(4-2,9-10-20)12-18-16(21)19-14-6-5-7-15-13(14)8-11-22-15/h8,11,14,20H,3-7,9-10,12H2,1-2H3,(H2,18,19,21). The summed E-state index contributed by atoms with van der Waals surface area (Å²) in [6.45, 7) is 4.97. The van der Waals surface area contributed by atoms with E-state index >= 15 is 0 Å². The van der Waals surface area contributed by atoms with Crippen molar-refractivity contribution in [1.29, 1.82) is 0 Å². The lowest BCUT2D eigenvalue weighted by Gasteiger charge is -2.32. The van der Waals surface area contributed by atoms with Gasteiger partial charge in [-0.15, -0.1) is 0 Å². The van der Waals surface area contributed by atoms with Crippen LogP contribution >= 0.6 is 0 Å². The van der Waals surface area contributed by atoms with Gasteiger partial charge in [0.1, 0.15) is 5.76 Å². The number of urea groups is 1. The Labute approximate surface area is 132 Å². The third-order valence-corrected chi connectivity index (χ3v) is 5.12. The van der Waals surface area contributed by atoms with Gasteiger partial charge in [0.15, 0.2) is 0 Å². The number of aliphatic hydroxyl groups is 1. The summed E-state index contributed by atoms with van der Waals surface area (Å²) in [6.07, 6.45) is 7.23. The highest BCUT2D eigenvalue weighted by Gasteiger charge is 2.28.